The molecule has 0 fully saturated rings. The van der Waals surface area contributed by atoms with Gasteiger partial charge in [-0.25, -0.2) is 4.68 Å². The van der Waals surface area contributed by atoms with Crippen LogP contribution in [0.5, 0.6) is 0 Å². The number of hydrogen-bond acceptors (Lipinski definition) is 6. The quantitative estimate of drug-likeness (QED) is 0.507. The molecule has 0 saturated heterocycles. The number of amides is 2. The molecule has 0 radical (unpaired) electrons. The third kappa shape index (κ3) is 3.68. The first-order valence-corrected chi connectivity index (χ1v) is 8.79. The van der Waals surface area contributed by atoms with Crippen molar-refractivity contribution in [2.45, 2.75) is 19.4 Å². The zero-order chi connectivity index (χ0) is 20.5. The predicted molar refractivity (Wildman–Crippen MR) is 104 cm³/mol. The molecule has 1 atom stereocenters. The number of nitrogens with one attached hydrogen (secondary N) is 2. The molecule has 146 valence electrons. The van der Waals surface area contributed by atoms with Crippen molar-refractivity contribution in [2.24, 2.45) is 0 Å². The van der Waals surface area contributed by atoms with Gasteiger partial charge in [0.05, 0.1) is 11.3 Å². The lowest BCUT2D eigenvalue weighted by atomic mass is 10.1. The topological polar surface area (TPSA) is 132 Å². The summed E-state index contributed by atoms with van der Waals surface area (Å²) in [6.45, 7) is 1.97. The summed E-state index contributed by atoms with van der Waals surface area (Å²) in [5.74, 6) is -0.127. The zero-order valence-corrected chi connectivity index (χ0v) is 15.3. The van der Waals surface area contributed by atoms with E-state index in [4.69, 9.17) is 0 Å². The van der Waals surface area contributed by atoms with Crippen LogP contribution in [-0.4, -0.2) is 31.5 Å². The van der Waals surface area contributed by atoms with Gasteiger partial charge in [0.2, 0.25) is 11.9 Å². The van der Waals surface area contributed by atoms with Crippen LogP contribution in [0.4, 0.5) is 17.3 Å². The fraction of sp³-hybridized carbons (Fsp3) is 0.158. The molecule has 1 aliphatic heterocycles. The number of benzene rings is 2. The van der Waals surface area contributed by atoms with Crippen LogP contribution in [0.15, 0.2) is 48.5 Å². The van der Waals surface area contributed by atoms with Gasteiger partial charge in [-0.1, -0.05) is 35.9 Å². The third-order valence-electron chi connectivity index (χ3n) is 4.49. The number of fused-ring (bicyclic) bond motifs is 1. The molecule has 10 heteroatoms. The van der Waals surface area contributed by atoms with Gasteiger partial charge in [0, 0.05) is 23.4 Å². The van der Waals surface area contributed by atoms with E-state index in [2.05, 4.69) is 20.7 Å². The first-order valence-electron chi connectivity index (χ1n) is 8.79. The number of carbonyl (C=O) groups is 2. The van der Waals surface area contributed by atoms with Gasteiger partial charge in [-0.3, -0.25) is 25.0 Å². The Hall–Kier alpha value is -4.08. The number of anilines is 2. The van der Waals surface area contributed by atoms with E-state index >= 15 is 0 Å². The number of aryl methyl sites for hydroxylation is 1. The van der Waals surface area contributed by atoms with Crippen molar-refractivity contribution in [3.8, 4) is 11.4 Å². The molecule has 1 aromatic heterocycles. The second kappa shape index (κ2) is 7.15. The Labute approximate surface area is 164 Å². The highest BCUT2D eigenvalue weighted by Crippen LogP contribution is 2.28. The van der Waals surface area contributed by atoms with Gasteiger partial charge in [-0.2, -0.15) is 4.98 Å². The largest absolute Gasteiger partial charge is 0.326 e. The molecule has 3 aromatic rings. The molecule has 1 aliphatic rings. The average molecular weight is 392 g/mol. The summed E-state index contributed by atoms with van der Waals surface area (Å²) in [7, 11) is 0. The van der Waals surface area contributed by atoms with Gasteiger partial charge in [0.1, 0.15) is 6.04 Å². The average Bonchev–Trinajstić information content (AvgIpc) is 3.21. The summed E-state index contributed by atoms with van der Waals surface area (Å²) >= 11 is 0. The van der Waals surface area contributed by atoms with E-state index in [1.807, 2.05) is 31.2 Å². The minimum Gasteiger partial charge on any atom is -0.326 e. The molecular formula is C19H16N6O4. The molecule has 0 spiro atoms. The SMILES string of the molecule is Cc1ccc(-c2nc3n(n2)[C@H](CC(=O)Nc2cccc([N+](=O)[O-])c2)C(=O)N3)cc1. The lowest BCUT2D eigenvalue weighted by Crippen LogP contribution is -2.23. The minimum absolute atomic E-state index is 0.136. The highest BCUT2D eigenvalue weighted by molar-refractivity contribution is 6.01. The summed E-state index contributed by atoms with van der Waals surface area (Å²) in [6.07, 6.45) is -0.182. The van der Waals surface area contributed by atoms with E-state index in [1.165, 1.54) is 28.9 Å². The highest BCUT2D eigenvalue weighted by atomic mass is 16.6. The van der Waals surface area contributed by atoms with Crippen molar-refractivity contribution in [2.75, 3.05) is 10.6 Å². The van der Waals surface area contributed by atoms with E-state index < -0.39 is 16.9 Å². The molecule has 2 heterocycles. The molecule has 29 heavy (non-hydrogen) atoms. The van der Waals surface area contributed by atoms with E-state index in [9.17, 15) is 19.7 Å². The summed E-state index contributed by atoms with van der Waals surface area (Å²) in [5.41, 5.74) is 2.04. The van der Waals surface area contributed by atoms with E-state index in [0.29, 0.717) is 5.82 Å². The van der Waals surface area contributed by atoms with Crippen LogP contribution in [0.25, 0.3) is 11.4 Å². The molecule has 0 aliphatic carbocycles. The van der Waals surface area contributed by atoms with Gasteiger partial charge in [-0.15, -0.1) is 5.10 Å². The Kier molecular flexibility index (Phi) is 4.51. The number of nitro groups is 1. The van der Waals surface area contributed by atoms with Crippen LogP contribution in [0.1, 0.15) is 18.0 Å². The van der Waals surface area contributed by atoms with Crippen LogP contribution in [0.2, 0.25) is 0 Å². The molecule has 2 N–H and O–H groups in total. The minimum atomic E-state index is -0.851. The number of nitro benzene ring substituents is 1. The lowest BCUT2D eigenvalue weighted by molar-refractivity contribution is -0.384. The molecule has 0 saturated carbocycles. The smallest absolute Gasteiger partial charge is 0.271 e. The number of carbonyl (C=O) groups excluding carboxylic acids is 2. The summed E-state index contributed by atoms with van der Waals surface area (Å²) < 4.78 is 1.39. The summed E-state index contributed by atoms with van der Waals surface area (Å²) in [4.78, 5) is 39.3. The number of non-ortho nitro benzene ring substituents is 1. The van der Waals surface area contributed by atoms with Crippen LogP contribution < -0.4 is 10.6 Å². The van der Waals surface area contributed by atoms with Gasteiger partial charge >= 0.3 is 0 Å². The van der Waals surface area contributed by atoms with Crippen molar-refractivity contribution < 1.29 is 14.5 Å². The maximum Gasteiger partial charge on any atom is 0.271 e. The summed E-state index contributed by atoms with van der Waals surface area (Å²) in [5, 5.41) is 20.4. The summed E-state index contributed by atoms with van der Waals surface area (Å²) in [6, 6.07) is 12.4. The molecule has 2 amide bonds. The van der Waals surface area contributed by atoms with Crippen LogP contribution in [0, 0.1) is 17.0 Å². The van der Waals surface area contributed by atoms with Gasteiger partial charge < -0.3 is 5.32 Å². The molecule has 0 unspecified atom stereocenters. The Balaban J connectivity index is 1.51. The lowest BCUT2D eigenvalue weighted by Gasteiger charge is -2.10. The van der Waals surface area contributed by atoms with Crippen molar-refractivity contribution in [3.05, 3.63) is 64.2 Å². The Morgan fingerprint density at radius 3 is 2.76 bits per heavy atom. The Morgan fingerprint density at radius 2 is 2.03 bits per heavy atom. The van der Waals surface area contributed by atoms with E-state index in [1.54, 1.807) is 0 Å². The zero-order valence-electron chi connectivity index (χ0n) is 15.3. The first-order chi connectivity index (χ1) is 13.9. The van der Waals surface area contributed by atoms with Gasteiger partial charge in [-0.05, 0) is 13.0 Å². The molecule has 2 aromatic carbocycles. The number of hydrogen-bond donors (Lipinski definition) is 2. The van der Waals surface area contributed by atoms with Crippen molar-refractivity contribution in [1.29, 1.82) is 0 Å². The maximum atomic E-state index is 12.4. The normalized spacial score (nSPS) is 14.9. The second-order valence-corrected chi connectivity index (χ2v) is 6.63. The van der Waals surface area contributed by atoms with Crippen LogP contribution in [-0.2, 0) is 9.59 Å². The third-order valence-corrected chi connectivity index (χ3v) is 4.49. The van der Waals surface area contributed by atoms with Gasteiger partial charge in [0.25, 0.3) is 11.6 Å². The standard InChI is InChI=1S/C19H16N6O4/c1-11-5-7-12(8-6-11)17-21-19-22-18(27)15(24(19)23-17)10-16(26)20-13-3-2-4-14(9-13)25(28)29/h2-9,15H,10H2,1H3,(H,20,26)(H,21,22,23,27)/t15-/m1/s1. The van der Waals surface area contributed by atoms with Crippen LogP contribution >= 0.6 is 0 Å². The number of rotatable bonds is 5. The van der Waals surface area contributed by atoms with Crippen molar-refractivity contribution in [1.82, 2.24) is 14.8 Å². The Bertz CT molecular complexity index is 1120. The second-order valence-electron chi connectivity index (χ2n) is 6.63. The maximum absolute atomic E-state index is 12.4. The van der Waals surface area contributed by atoms with Gasteiger partial charge in [0.15, 0.2) is 5.82 Å². The fourth-order valence-electron chi connectivity index (χ4n) is 3.02. The molecule has 0 bridgehead atoms. The number of aromatic nitrogens is 3. The molecular weight excluding hydrogens is 376 g/mol. The fourth-order valence-corrected chi connectivity index (χ4v) is 3.02. The first kappa shape index (κ1) is 18.3. The number of nitrogens with zero attached hydrogens (tertiary/aromatic N) is 4. The van der Waals surface area contributed by atoms with E-state index in [-0.39, 0.29) is 29.7 Å². The molecule has 4 rings (SSSR count). The van der Waals surface area contributed by atoms with Crippen molar-refractivity contribution in [3.63, 3.8) is 0 Å². The van der Waals surface area contributed by atoms with Crippen LogP contribution in [0.3, 0.4) is 0 Å². The molecule has 10 nitrogen and oxygen atoms in total. The van der Waals surface area contributed by atoms with Crippen molar-refractivity contribution >= 4 is 29.1 Å². The Morgan fingerprint density at radius 1 is 1.28 bits per heavy atom. The van der Waals surface area contributed by atoms with E-state index in [0.717, 1.165) is 11.1 Å². The predicted octanol–water partition coefficient (Wildman–Crippen LogP) is 2.68. The highest BCUT2D eigenvalue weighted by Gasteiger charge is 2.35. The monoisotopic (exact) mass is 392 g/mol.